The molecule has 5 nitrogen and oxygen atoms in total. The maximum absolute atomic E-state index is 13.0. The van der Waals surface area contributed by atoms with Crippen LogP contribution >= 0.6 is 0 Å². The molecule has 2 atom stereocenters. The molecule has 1 aromatic rings. The van der Waals surface area contributed by atoms with Crippen molar-refractivity contribution in [2.75, 3.05) is 13.2 Å². The molecule has 130 valence electrons. The summed E-state index contributed by atoms with van der Waals surface area (Å²) in [4.78, 5) is 11.7. The molecule has 0 aromatic heterocycles. The zero-order chi connectivity index (χ0) is 17.6. The lowest BCUT2D eigenvalue weighted by Crippen LogP contribution is -2.48. The maximum Gasteiger partial charge on any atom is 0.315 e. The number of hydrogen-bond donors (Lipinski definition) is 3. The van der Waals surface area contributed by atoms with Crippen molar-refractivity contribution in [2.24, 2.45) is 5.41 Å². The molecule has 1 rings (SSSR count). The topological polar surface area (TPSA) is 70.6 Å². The summed E-state index contributed by atoms with van der Waals surface area (Å²) in [5.41, 5.74) is -0.0777. The second-order valence-electron chi connectivity index (χ2n) is 6.48. The van der Waals surface area contributed by atoms with Crippen LogP contribution in [0.5, 0.6) is 5.75 Å². The molecule has 2 amide bonds. The van der Waals surface area contributed by atoms with Gasteiger partial charge in [-0.1, -0.05) is 20.8 Å². The van der Waals surface area contributed by atoms with E-state index in [-0.39, 0.29) is 36.4 Å². The molecule has 0 radical (unpaired) electrons. The van der Waals surface area contributed by atoms with Crippen molar-refractivity contribution in [2.45, 2.75) is 39.8 Å². The molecule has 0 aliphatic heterocycles. The molecule has 0 saturated heterocycles. The van der Waals surface area contributed by atoms with E-state index in [1.165, 1.54) is 6.07 Å². The zero-order valence-corrected chi connectivity index (χ0v) is 13.8. The number of amides is 2. The second kappa shape index (κ2) is 8.10. The first kappa shape index (κ1) is 19.2. The average molecular weight is 330 g/mol. The summed E-state index contributed by atoms with van der Waals surface area (Å²) in [6.07, 6.45) is -0.973. The molecule has 0 aliphatic rings. The van der Waals surface area contributed by atoms with Crippen LogP contribution in [0.1, 0.15) is 27.7 Å². The third kappa shape index (κ3) is 6.81. The predicted molar refractivity (Wildman–Crippen MR) is 83.3 cm³/mol. The molecule has 23 heavy (non-hydrogen) atoms. The van der Waals surface area contributed by atoms with E-state index in [0.717, 1.165) is 12.1 Å². The van der Waals surface area contributed by atoms with Gasteiger partial charge in [0.1, 0.15) is 18.5 Å². The van der Waals surface area contributed by atoms with Gasteiger partial charge in [0.05, 0.1) is 0 Å². The SMILES string of the molecule is CC(NC(=O)NCC(O)COc1ccc(F)c(F)c1)C(C)(C)C. The Hall–Kier alpha value is -1.89. The van der Waals surface area contributed by atoms with Gasteiger partial charge >= 0.3 is 6.03 Å². The van der Waals surface area contributed by atoms with Crippen molar-refractivity contribution in [1.82, 2.24) is 10.6 Å². The summed E-state index contributed by atoms with van der Waals surface area (Å²) >= 11 is 0. The molecular weight excluding hydrogens is 306 g/mol. The molecule has 0 bridgehead atoms. The fraction of sp³-hybridized carbons (Fsp3) is 0.562. The van der Waals surface area contributed by atoms with Crippen molar-refractivity contribution in [3.8, 4) is 5.75 Å². The Balaban J connectivity index is 2.32. The van der Waals surface area contributed by atoms with Crippen LogP contribution in [0.2, 0.25) is 0 Å². The fourth-order valence-corrected chi connectivity index (χ4v) is 1.49. The summed E-state index contributed by atoms with van der Waals surface area (Å²) in [6, 6.07) is 2.66. The van der Waals surface area contributed by atoms with Crippen LogP contribution in [-0.4, -0.2) is 36.4 Å². The number of rotatable bonds is 6. The van der Waals surface area contributed by atoms with Crippen LogP contribution in [0.25, 0.3) is 0 Å². The van der Waals surface area contributed by atoms with Gasteiger partial charge in [-0.05, 0) is 24.5 Å². The molecule has 1 aromatic carbocycles. The van der Waals surface area contributed by atoms with Crippen molar-refractivity contribution in [1.29, 1.82) is 0 Å². The molecule has 0 fully saturated rings. The van der Waals surface area contributed by atoms with Gasteiger partial charge in [0.2, 0.25) is 0 Å². The zero-order valence-electron chi connectivity index (χ0n) is 13.8. The lowest BCUT2D eigenvalue weighted by molar-refractivity contribution is 0.107. The lowest BCUT2D eigenvalue weighted by atomic mass is 9.88. The molecule has 2 unspecified atom stereocenters. The molecule has 7 heteroatoms. The molecule has 0 aliphatic carbocycles. The fourth-order valence-electron chi connectivity index (χ4n) is 1.49. The first-order valence-corrected chi connectivity index (χ1v) is 7.40. The van der Waals surface area contributed by atoms with E-state index in [0.29, 0.717) is 0 Å². The van der Waals surface area contributed by atoms with Crippen molar-refractivity contribution in [3.05, 3.63) is 29.8 Å². The number of nitrogens with one attached hydrogen (secondary N) is 2. The van der Waals surface area contributed by atoms with E-state index >= 15 is 0 Å². The minimum Gasteiger partial charge on any atom is -0.491 e. The molecular formula is C16H24F2N2O3. The van der Waals surface area contributed by atoms with Crippen LogP contribution in [0, 0.1) is 17.0 Å². The largest absolute Gasteiger partial charge is 0.491 e. The average Bonchev–Trinajstić information content (AvgIpc) is 2.45. The van der Waals surface area contributed by atoms with Gasteiger partial charge in [0.15, 0.2) is 11.6 Å². The predicted octanol–water partition coefficient (Wildman–Crippen LogP) is 2.44. The quantitative estimate of drug-likeness (QED) is 0.750. The first-order valence-electron chi connectivity index (χ1n) is 7.40. The van der Waals surface area contributed by atoms with Gasteiger partial charge in [0, 0.05) is 18.7 Å². The Labute approximate surface area is 135 Å². The van der Waals surface area contributed by atoms with E-state index in [1.807, 2.05) is 27.7 Å². The highest BCUT2D eigenvalue weighted by Gasteiger charge is 2.21. The third-order valence-corrected chi connectivity index (χ3v) is 3.48. The minimum atomic E-state index is -1.02. The van der Waals surface area contributed by atoms with Gasteiger partial charge in [-0.25, -0.2) is 13.6 Å². The smallest absolute Gasteiger partial charge is 0.315 e. The standard InChI is InChI=1S/C16H24F2N2O3/c1-10(16(2,3)4)20-15(22)19-8-11(21)9-23-12-5-6-13(17)14(18)7-12/h5-7,10-11,21H,8-9H2,1-4H3,(H2,19,20,22). The summed E-state index contributed by atoms with van der Waals surface area (Å²) in [7, 11) is 0. The van der Waals surface area contributed by atoms with Crippen molar-refractivity contribution in [3.63, 3.8) is 0 Å². The van der Waals surface area contributed by atoms with Gasteiger partial charge in [-0.15, -0.1) is 0 Å². The monoisotopic (exact) mass is 330 g/mol. The normalized spacial score (nSPS) is 14.0. The Morgan fingerprint density at radius 1 is 1.30 bits per heavy atom. The van der Waals surface area contributed by atoms with E-state index in [9.17, 15) is 18.7 Å². The van der Waals surface area contributed by atoms with E-state index in [2.05, 4.69) is 10.6 Å². The highest BCUT2D eigenvalue weighted by molar-refractivity contribution is 5.74. The number of hydrogen-bond acceptors (Lipinski definition) is 3. The number of halogens is 2. The number of carbonyl (C=O) groups is 1. The Bertz CT molecular complexity index is 533. The van der Waals surface area contributed by atoms with Gasteiger partial charge < -0.3 is 20.5 Å². The summed E-state index contributed by atoms with van der Waals surface area (Å²) in [6.45, 7) is 7.72. The third-order valence-electron chi connectivity index (χ3n) is 3.48. The van der Waals surface area contributed by atoms with Crippen LogP contribution in [0.3, 0.4) is 0 Å². The van der Waals surface area contributed by atoms with Gasteiger partial charge in [0.25, 0.3) is 0 Å². The first-order chi connectivity index (χ1) is 10.6. The Morgan fingerprint density at radius 2 is 1.96 bits per heavy atom. The van der Waals surface area contributed by atoms with Crippen molar-refractivity contribution >= 4 is 6.03 Å². The maximum atomic E-state index is 13.0. The Kier molecular flexibility index (Phi) is 6.75. The lowest BCUT2D eigenvalue weighted by Gasteiger charge is -2.28. The van der Waals surface area contributed by atoms with Crippen LogP contribution in [-0.2, 0) is 0 Å². The Morgan fingerprint density at radius 3 is 2.52 bits per heavy atom. The van der Waals surface area contributed by atoms with E-state index in [1.54, 1.807) is 0 Å². The molecule has 3 N–H and O–H groups in total. The molecule has 0 spiro atoms. The van der Waals surface area contributed by atoms with E-state index < -0.39 is 17.7 Å². The van der Waals surface area contributed by atoms with Gasteiger partial charge in [-0.2, -0.15) is 0 Å². The molecule has 0 heterocycles. The van der Waals surface area contributed by atoms with Crippen molar-refractivity contribution < 1.29 is 23.4 Å². The second-order valence-corrected chi connectivity index (χ2v) is 6.48. The summed E-state index contributed by atoms with van der Waals surface area (Å²) in [5, 5.41) is 15.0. The number of aliphatic hydroxyl groups excluding tert-OH is 1. The number of ether oxygens (including phenoxy) is 1. The number of urea groups is 1. The van der Waals surface area contributed by atoms with Crippen LogP contribution in [0.15, 0.2) is 18.2 Å². The highest BCUT2D eigenvalue weighted by Crippen LogP contribution is 2.18. The summed E-state index contributed by atoms with van der Waals surface area (Å²) < 4.78 is 30.9. The minimum absolute atomic E-state index is 0.0215. The van der Waals surface area contributed by atoms with E-state index in [4.69, 9.17) is 4.74 Å². The van der Waals surface area contributed by atoms with Gasteiger partial charge in [-0.3, -0.25) is 0 Å². The number of carbonyl (C=O) groups excluding carboxylic acids is 1. The summed E-state index contributed by atoms with van der Waals surface area (Å²) in [5.74, 6) is -1.89. The highest BCUT2D eigenvalue weighted by atomic mass is 19.2. The number of benzene rings is 1. The van der Waals surface area contributed by atoms with Crippen LogP contribution in [0.4, 0.5) is 13.6 Å². The van der Waals surface area contributed by atoms with Crippen LogP contribution < -0.4 is 15.4 Å². The molecule has 0 saturated carbocycles. The number of aliphatic hydroxyl groups is 1.